The maximum Gasteiger partial charge on any atom is 0.413 e. The number of benzene rings is 1. The first kappa shape index (κ1) is 20.6. The molecule has 0 bridgehead atoms. The maximum atomic E-state index is 12.1. The van der Waals surface area contributed by atoms with Crippen LogP contribution in [0.25, 0.3) is 0 Å². The number of hydrogen-bond acceptors (Lipinski definition) is 7. The molecule has 0 spiro atoms. The maximum absolute atomic E-state index is 12.1. The fourth-order valence-corrected chi connectivity index (χ4v) is 3.00. The van der Waals surface area contributed by atoms with E-state index in [1.165, 1.54) is 25.1 Å². The van der Waals surface area contributed by atoms with Crippen LogP contribution in [0.2, 0.25) is 0 Å². The van der Waals surface area contributed by atoms with Gasteiger partial charge in [-0.15, -0.1) is 0 Å². The third-order valence-electron chi connectivity index (χ3n) is 2.83. The Morgan fingerprint density at radius 2 is 1.76 bits per heavy atom. The van der Waals surface area contributed by atoms with Gasteiger partial charge in [0.15, 0.2) is 6.10 Å². The van der Waals surface area contributed by atoms with E-state index < -0.39 is 34.1 Å². The van der Waals surface area contributed by atoms with Crippen LogP contribution in [0, 0.1) is 0 Å². The zero-order valence-corrected chi connectivity index (χ0v) is 15.0. The van der Waals surface area contributed by atoms with Crippen molar-refractivity contribution >= 4 is 28.0 Å². The van der Waals surface area contributed by atoms with E-state index >= 15 is 0 Å². The number of imide groups is 1. The summed E-state index contributed by atoms with van der Waals surface area (Å²) in [6.45, 7) is 4.59. The molecule has 1 aromatic rings. The normalized spacial score (nSPS) is 12.4. The lowest BCUT2D eigenvalue weighted by atomic mass is 10.2. The van der Waals surface area contributed by atoms with Crippen LogP contribution < -0.4 is 10.0 Å². The smallest absolute Gasteiger partial charge is 0.413 e. The zero-order chi connectivity index (χ0) is 19.2. The first-order valence-electron chi connectivity index (χ1n) is 7.29. The number of rotatable bonds is 6. The van der Waals surface area contributed by atoms with Gasteiger partial charge in [-0.25, -0.2) is 22.7 Å². The van der Waals surface area contributed by atoms with Crippen molar-refractivity contribution in [2.24, 2.45) is 0 Å². The summed E-state index contributed by atoms with van der Waals surface area (Å²) in [7, 11) is -2.70. The van der Waals surface area contributed by atoms with Crippen molar-refractivity contribution in [1.82, 2.24) is 10.0 Å². The molecule has 10 heteroatoms. The molecule has 2 amide bonds. The average Bonchev–Trinajstić information content (AvgIpc) is 2.53. The van der Waals surface area contributed by atoms with Gasteiger partial charge in [-0.2, -0.15) is 0 Å². The predicted octanol–water partition coefficient (Wildman–Crippen LogP) is 0.801. The van der Waals surface area contributed by atoms with Crippen LogP contribution in [0.3, 0.4) is 0 Å². The quantitative estimate of drug-likeness (QED) is 0.707. The van der Waals surface area contributed by atoms with Crippen molar-refractivity contribution < 1.29 is 32.3 Å². The van der Waals surface area contributed by atoms with Crippen LogP contribution >= 0.6 is 0 Å². The van der Waals surface area contributed by atoms with E-state index in [9.17, 15) is 22.8 Å². The third kappa shape index (κ3) is 6.16. The third-order valence-corrected chi connectivity index (χ3v) is 4.49. The minimum atomic E-state index is -3.78. The molecule has 0 unspecified atom stereocenters. The molecule has 1 aromatic carbocycles. The van der Waals surface area contributed by atoms with E-state index in [0.717, 1.165) is 13.2 Å². The summed E-state index contributed by atoms with van der Waals surface area (Å²) in [6, 6.07) is 4.88. The molecule has 0 aromatic heterocycles. The Labute approximate surface area is 145 Å². The summed E-state index contributed by atoms with van der Waals surface area (Å²) < 4.78 is 35.8. The zero-order valence-electron chi connectivity index (χ0n) is 14.2. The summed E-state index contributed by atoms with van der Waals surface area (Å²) in [6.07, 6.45) is -2.26. The van der Waals surface area contributed by atoms with Gasteiger partial charge in [0, 0.05) is 6.04 Å². The van der Waals surface area contributed by atoms with Gasteiger partial charge in [-0.05, 0) is 39.0 Å². The largest absolute Gasteiger partial charge is 0.453 e. The molecule has 0 saturated carbocycles. The summed E-state index contributed by atoms with van der Waals surface area (Å²) >= 11 is 0. The minimum Gasteiger partial charge on any atom is -0.453 e. The van der Waals surface area contributed by atoms with Gasteiger partial charge in [-0.1, -0.05) is 6.07 Å². The van der Waals surface area contributed by atoms with Crippen LogP contribution in [0.1, 0.15) is 31.1 Å². The Hall–Kier alpha value is -2.46. The molecule has 1 atom stereocenters. The van der Waals surface area contributed by atoms with Crippen molar-refractivity contribution in [2.75, 3.05) is 7.11 Å². The Morgan fingerprint density at radius 3 is 2.32 bits per heavy atom. The fourth-order valence-electron chi connectivity index (χ4n) is 1.70. The standard InChI is InChI=1S/C15H20N2O7S/c1-9(2)17-25(21,22)12-7-5-6-11(8-12)14(19)24-10(3)13(18)16-15(20)23-4/h5-10,17H,1-4H3,(H,16,18,20)/t10-/m1/s1. The van der Waals surface area contributed by atoms with Gasteiger partial charge in [0.1, 0.15) is 0 Å². The van der Waals surface area contributed by atoms with Gasteiger partial charge < -0.3 is 9.47 Å². The van der Waals surface area contributed by atoms with Crippen LogP contribution in [0.4, 0.5) is 4.79 Å². The number of amides is 2. The van der Waals surface area contributed by atoms with E-state index in [4.69, 9.17) is 4.74 Å². The van der Waals surface area contributed by atoms with Crippen molar-refractivity contribution in [1.29, 1.82) is 0 Å². The second-order valence-corrected chi connectivity index (χ2v) is 7.05. The second-order valence-electron chi connectivity index (χ2n) is 5.33. The SMILES string of the molecule is COC(=O)NC(=O)[C@@H](C)OC(=O)c1cccc(S(=O)(=O)NC(C)C)c1. The summed E-state index contributed by atoms with van der Waals surface area (Å²) in [5, 5.41) is 1.86. The topological polar surface area (TPSA) is 128 Å². The van der Waals surface area contributed by atoms with E-state index in [2.05, 4.69) is 9.46 Å². The first-order valence-corrected chi connectivity index (χ1v) is 8.77. The molecule has 1 rings (SSSR count). The van der Waals surface area contributed by atoms with Gasteiger partial charge in [-0.3, -0.25) is 10.1 Å². The Morgan fingerprint density at radius 1 is 1.12 bits per heavy atom. The van der Waals surface area contributed by atoms with Crippen molar-refractivity contribution in [3.63, 3.8) is 0 Å². The lowest BCUT2D eigenvalue weighted by molar-refractivity contribution is -0.128. The molecule has 0 heterocycles. The van der Waals surface area contributed by atoms with Crippen LogP contribution in [0.5, 0.6) is 0 Å². The highest BCUT2D eigenvalue weighted by Crippen LogP contribution is 2.13. The van der Waals surface area contributed by atoms with Crippen LogP contribution in [-0.2, 0) is 24.3 Å². The number of methoxy groups -OCH3 is 1. The van der Waals surface area contributed by atoms with E-state index in [1.54, 1.807) is 13.8 Å². The van der Waals surface area contributed by atoms with E-state index in [0.29, 0.717) is 0 Å². The van der Waals surface area contributed by atoms with Crippen molar-refractivity contribution in [3.05, 3.63) is 29.8 Å². The van der Waals surface area contributed by atoms with Crippen molar-refractivity contribution in [3.8, 4) is 0 Å². The molecule has 2 N–H and O–H groups in total. The summed E-state index contributed by atoms with van der Waals surface area (Å²) in [5.41, 5.74) is -0.0515. The summed E-state index contributed by atoms with van der Waals surface area (Å²) in [5.74, 6) is -1.78. The Kier molecular flexibility index (Phi) is 7.07. The number of hydrogen-bond donors (Lipinski definition) is 2. The molecular formula is C15H20N2O7S. The number of esters is 1. The molecular weight excluding hydrogens is 352 g/mol. The molecule has 0 aliphatic rings. The molecule has 138 valence electrons. The molecule has 0 saturated heterocycles. The van der Waals surface area contributed by atoms with Crippen molar-refractivity contribution in [2.45, 2.75) is 37.8 Å². The van der Waals surface area contributed by atoms with Gasteiger partial charge in [0.05, 0.1) is 17.6 Å². The summed E-state index contributed by atoms with van der Waals surface area (Å²) in [4.78, 5) is 34.6. The van der Waals surface area contributed by atoms with Crippen LogP contribution in [-0.4, -0.2) is 45.6 Å². The molecule has 0 aliphatic carbocycles. The highest BCUT2D eigenvalue weighted by molar-refractivity contribution is 7.89. The van der Waals surface area contributed by atoms with Gasteiger partial charge in [0.25, 0.3) is 5.91 Å². The van der Waals surface area contributed by atoms with E-state index in [-0.39, 0.29) is 16.5 Å². The number of ether oxygens (including phenoxy) is 2. The lowest BCUT2D eigenvalue weighted by Crippen LogP contribution is -2.39. The average molecular weight is 372 g/mol. The fraction of sp³-hybridized carbons (Fsp3) is 0.400. The molecule has 0 aliphatic heterocycles. The molecule has 0 fully saturated rings. The number of alkyl carbamates (subject to hydrolysis) is 1. The van der Waals surface area contributed by atoms with Gasteiger partial charge >= 0.3 is 12.1 Å². The number of carbonyl (C=O) groups is 3. The molecule has 0 radical (unpaired) electrons. The number of carbonyl (C=O) groups excluding carboxylic acids is 3. The Balaban J connectivity index is 2.88. The highest BCUT2D eigenvalue weighted by Gasteiger charge is 2.22. The van der Waals surface area contributed by atoms with E-state index in [1.807, 2.05) is 5.32 Å². The highest BCUT2D eigenvalue weighted by atomic mass is 32.2. The second kappa shape index (κ2) is 8.58. The van der Waals surface area contributed by atoms with Gasteiger partial charge in [0.2, 0.25) is 10.0 Å². The lowest BCUT2D eigenvalue weighted by Gasteiger charge is -2.13. The Bertz CT molecular complexity index is 759. The first-order chi connectivity index (χ1) is 11.6. The molecule has 9 nitrogen and oxygen atoms in total. The number of sulfonamides is 1. The molecule has 25 heavy (non-hydrogen) atoms. The minimum absolute atomic E-state index is 0.0515. The predicted molar refractivity (Wildman–Crippen MR) is 87.3 cm³/mol. The monoisotopic (exact) mass is 372 g/mol. The number of nitrogens with one attached hydrogen (secondary N) is 2. The van der Waals surface area contributed by atoms with Crippen LogP contribution in [0.15, 0.2) is 29.2 Å².